The van der Waals surface area contributed by atoms with E-state index in [9.17, 15) is 9.90 Å². The molecule has 0 bridgehead atoms. The fourth-order valence-electron chi connectivity index (χ4n) is 1.34. The van der Waals surface area contributed by atoms with Crippen LogP contribution < -0.4 is 0 Å². The number of aliphatic hydroxyl groups excluding tert-OH is 1. The van der Waals surface area contributed by atoms with Crippen LogP contribution >= 0.6 is 0 Å². The summed E-state index contributed by atoms with van der Waals surface area (Å²) in [6, 6.07) is 7.11. The molecule has 0 aliphatic carbocycles. The molecule has 0 fully saturated rings. The molecule has 3 nitrogen and oxygen atoms in total. The van der Waals surface area contributed by atoms with Gasteiger partial charge < -0.3 is 10.2 Å². The highest BCUT2D eigenvalue weighted by molar-refractivity contribution is 5.73. The maximum absolute atomic E-state index is 10.8. The van der Waals surface area contributed by atoms with Gasteiger partial charge in [-0.3, -0.25) is 4.79 Å². The lowest BCUT2D eigenvalue weighted by Gasteiger charge is -2.15. The zero-order chi connectivity index (χ0) is 11.4. The van der Waals surface area contributed by atoms with Crippen LogP contribution in [0.4, 0.5) is 0 Å². The van der Waals surface area contributed by atoms with Gasteiger partial charge in [0.05, 0.1) is 6.10 Å². The van der Waals surface area contributed by atoms with E-state index in [1.165, 1.54) is 6.08 Å². The third-order valence-electron chi connectivity index (χ3n) is 2.30. The number of aliphatic carboxylic acids is 1. The number of carboxylic acid groups (broad SMARTS) is 1. The lowest BCUT2D eigenvalue weighted by atomic mass is 9.95. The number of benzene rings is 1. The van der Waals surface area contributed by atoms with Crippen LogP contribution in [0.1, 0.15) is 17.2 Å². The van der Waals surface area contributed by atoms with Crippen LogP contribution in [0, 0.1) is 12.8 Å². The van der Waals surface area contributed by atoms with Gasteiger partial charge in [0.15, 0.2) is 0 Å². The van der Waals surface area contributed by atoms with Gasteiger partial charge in [0.25, 0.3) is 0 Å². The molecule has 2 unspecified atom stereocenters. The molecule has 3 heteroatoms. The zero-order valence-corrected chi connectivity index (χ0v) is 8.55. The maximum atomic E-state index is 10.8. The second-order valence-electron chi connectivity index (χ2n) is 3.46. The molecular formula is C12H14O3. The summed E-state index contributed by atoms with van der Waals surface area (Å²) < 4.78 is 0. The SMILES string of the molecule is C=CC(C(=O)O)C(O)c1ccc(C)cc1. The van der Waals surface area contributed by atoms with Gasteiger partial charge >= 0.3 is 5.97 Å². The van der Waals surface area contributed by atoms with E-state index in [2.05, 4.69) is 6.58 Å². The molecule has 0 saturated carbocycles. The van der Waals surface area contributed by atoms with E-state index in [1.807, 2.05) is 19.1 Å². The summed E-state index contributed by atoms with van der Waals surface area (Å²) >= 11 is 0. The average molecular weight is 206 g/mol. The molecule has 0 aliphatic rings. The van der Waals surface area contributed by atoms with Gasteiger partial charge in [0.2, 0.25) is 0 Å². The van der Waals surface area contributed by atoms with Crippen molar-refractivity contribution in [2.24, 2.45) is 5.92 Å². The fourth-order valence-corrected chi connectivity index (χ4v) is 1.34. The Kier molecular flexibility index (Phi) is 3.63. The van der Waals surface area contributed by atoms with Gasteiger partial charge in [-0.1, -0.05) is 35.9 Å². The quantitative estimate of drug-likeness (QED) is 0.740. The minimum atomic E-state index is -1.07. The van der Waals surface area contributed by atoms with Crippen molar-refractivity contribution in [2.75, 3.05) is 0 Å². The Morgan fingerprint density at radius 3 is 2.33 bits per heavy atom. The summed E-state index contributed by atoms with van der Waals surface area (Å²) in [5.74, 6) is -2.04. The molecule has 0 amide bonds. The number of rotatable bonds is 4. The van der Waals surface area contributed by atoms with Gasteiger partial charge in [-0.05, 0) is 12.5 Å². The first kappa shape index (κ1) is 11.5. The predicted octanol–water partition coefficient (Wildman–Crippen LogP) is 1.92. The third-order valence-corrected chi connectivity index (χ3v) is 2.30. The molecule has 2 N–H and O–H groups in total. The highest BCUT2D eigenvalue weighted by atomic mass is 16.4. The molecular weight excluding hydrogens is 192 g/mol. The Morgan fingerprint density at radius 2 is 1.93 bits per heavy atom. The first-order valence-electron chi connectivity index (χ1n) is 4.66. The molecule has 0 aliphatic heterocycles. The monoisotopic (exact) mass is 206 g/mol. The molecule has 0 saturated heterocycles. The van der Waals surface area contributed by atoms with Crippen molar-refractivity contribution in [2.45, 2.75) is 13.0 Å². The summed E-state index contributed by atoms with van der Waals surface area (Å²) in [6.07, 6.45) is 0.202. The largest absolute Gasteiger partial charge is 0.481 e. The lowest BCUT2D eigenvalue weighted by Crippen LogP contribution is -2.19. The highest BCUT2D eigenvalue weighted by Crippen LogP contribution is 2.23. The Labute approximate surface area is 88.7 Å². The molecule has 15 heavy (non-hydrogen) atoms. The Balaban J connectivity index is 2.92. The third kappa shape index (κ3) is 2.67. The van der Waals surface area contributed by atoms with Crippen LogP contribution in [0.3, 0.4) is 0 Å². The van der Waals surface area contributed by atoms with E-state index >= 15 is 0 Å². The standard InChI is InChI=1S/C12H14O3/c1-3-10(12(14)15)11(13)9-6-4-8(2)5-7-9/h3-7,10-11,13H,1H2,2H3,(H,14,15). The minimum Gasteiger partial charge on any atom is -0.481 e. The van der Waals surface area contributed by atoms with Crippen molar-refractivity contribution in [1.29, 1.82) is 0 Å². The summed E-state index contributed by atoms with van der Waals surface area (Å²) in [4.78, 5) is 10.8. The summed E-state index contributed by atoms with van der Waals surface area (Å²) in [5.41, 5.74) is 1.66. The molecule has 1 aromatic rings. The van der Waals surface area contributed by atoms with Gasteiger partial charge in [0, 0.05) is 0 Å². The molecule has 0 heterocycles. The zero-order valence-electron chi connectivity index (χ0n) is 8.55. The van der Waals surface area contributed by atoms with Crippen LogP contribution in [-0.2, 0) is 4.79 Å². The number of hydrogen-bond acceptors (Lipinski definition) is 2. The molecule has 2 atom stereocenters. The lowest BCUT2D eigenvalue weighted by molar-refractivity contribution is -0.143. The van der Waals surface area contributed by atoms with E-state index in [0.717, 1.165) is 5.56 Å². The number of hydrogen-bond donors (Lipinski definition) is 2. The number of carbonyl (C=O) groups is 1. The van der Waals surface area contributed by atoms with E-state index in [1.54, 1.807) is 12.1 Å². The molecule has 0 spiro atoms. The minimum absolute atomic E-state index is 0.591. The highest BCUT2D eigenvalue weighted by Gasteiger charge is 2.24. The van der Waals surface area contributed by atoms with Crippen molar-refractivity contribution in [3.05, 3.63) is 48.0 Å². The van der Waals surface area contributed by atoms with E-state index < -0.39 is 18.0 Å². The molecule has 0 aromatic heterocycles. The van der Waals surface area contributed by atoms with Gasteiger partial charge in [0.1, 0.15) is 5.92 Å². The van der Waals surface area contributed by atoms with E-state index in [0.29, 0.717) is 5.56 Å². The summed E-state index contributed by atoms with van der Waals surface area (Å²) in [6.45, 7) is 5.33. The Morgan fingerprint density at radius 1 is 1.40 bits per heavy atom. The van der Waals surface area contributed by atoms with Gasteiger partial charge in [-0.2, -0.15) is 0 Å². The van der Waals surface area contributed by atoms with Crippen molar-refractivity contribution in [3.8, 4) is 0 Å². The van der Waals surface area contributed by atoms with Crippen molar-refractivity contribution < 1.29 is 15.0 Å². The van der Waals surface area contributed by atoms with Crippen LogP contribution in [0.15, 0.2) is 36.9 Å². The van der Waals surface area contributed by atoms with Gasteiger partial charge in [-0.15, -0.1) is 6.58 Å². The number of aryl methyl sites for hydroxylation is 1. The van der Waals surface area contributed by atoms with Crippen molar-refractivity contribution >= 4 is 5.97 Å². The number of carboxylic acids is 1. The topological polar surface area (TPSA) is 57.5 Å². The van der Waals surface area contributed by atoms with E-state index in [4.69, 9.17) is 5.11 Å². The van der Waals surface area contributed by atoms with Crippen LogP contribution in [0.25, 0.3) is 0 Å². The second-order valence-corrected chi connectivity index (χ2v) is 3.46. The van der Waals surface area contributed by atoms with Crippen LogP contribution in [-0.4, -0.2) is 16.2 Å². The number of aliphatic hydroxyl groups is 1. The predicted molar refractivity (Wildman–Crippen MR) is 57.5 cm³/mol. The van der Waals surface area contributed by atoms with Crippen molar-refractivity contribution in [1.82, 2.24) is 0 Å². The first-order chi connectivity index (χ1) is 7.06. The fraction of sp³-hybridized carbons (Fsp3) is 0.250. The molecule has 1 aromatic carbocycles. The first-order valence-corrected chi connectivity index (χ1v) is 4.66. The molecule has 80 valence electrons. The maximum Gasteiger partial charge on any atom is 0.313 e. The summed E-state index contributed by atoms with van der Waals surface area (Å²) in [5, 5.41) is 18.6. The molecule has 1 rings (SSSR count). The smallest absolute Gasteiger partial charge is 0.313 e. The van der Waals surface area contributed by atoms with Crippen LogP contribution in [0.5, 0.6) is 0 Å². The van der Waals surface area contributed by atoms with E-state index in [-0.39, 0.29) is 0 Å². The normalized spacial score (nSPS) is 14.3. The molecule has 0 radical (unpaired) electrons. The Bertz CT molecular complexity index is 354. The second kappa shape index (κ2) is 4.75. The summed E-state index contributed by atoms with van der Waals surface area (Å²) in [7, 11) is 0. The van der Waals surface area contributed by atoms with Crippen molar-refractivity contribution in [3.63, 3.8) is 0 Å². The van der Waals surface area contributed by atoms with Gasteiger partial charge in [-0.25, -0.2) is 0 Å². The van der Waals surface area contributed by atoms with Crippen LogP contribution in [0.2, 0.25) is 0 Å². The Hall–Kier alpha value is -1.61. The average Bonchev–Trinajstić information content (AvgIpc) is 2.19.